The number of anilines is 1. The van der Waals surface area contributed by atoms with E-state index in [9.17, 15) is 20.3 Å². The SMILES string of the molecule is Nc1ccc(C=Cc2ccc([N+](=O)[O-])cc2)c(CCO)c1CCO. The first-order valence-electron chi connectivity index (χ1n) is 7.61. The van der Waals surface area contributed by atoms with Crippen molar-refractivity contribution in [3.05, 3.63) is 68.8 Å². The molecule has 0 radical (unpaired) electrons. The molecule has 0 aromatic heterocycles. The molecular weight excluding hydrogens is 308 g/mol. The molecule has 0 saturated heterocycles. The van der Waals surface area contributed by atoms with Crippen LogP contribution in [0.4, 0.5) is 11.4 Å². The van der Waals surface area contributed by atoms with Gasteiger partial charge in [-0.3, -0.25) is 10.1 Å². The lowest BCUT2D eigenvalue weighted by Crippen LogP contribution is -2.06. The normalized spacial score (nSPS) is 11.1. The zero-order chi connectivity index (χ0) is 17.5. The summed E-state index contributed by atoms with van der Waals surface area (Å²) in [6.45, 7) is -0.0294. The third-order valence-electron chi connectivity index (χ3n) is 3.79. The predicted octanol–water partition coefficient (Wildman–Crippen LogP) is 2.42. The molecule has 126 valence electrons. The maximum absolute atomic E-state index is 10.7. The fourth-order valence-corrected chi connectivity index (χ4v) is 2.59. The van der Waals surface area contributed by atoms with Gasteiger partial charge in [0.15, 0.2) is 0 Å². The van der Waals surface area contributed by atoms with Gasteiger partial charge < -0.3 is 15.9 Å². The van der Waals surface area contributed by atoms with Crippen LogP contribution in [0.25, 0.3) is 12.2 Å². The zero-order valence-electron chi connectivity index (χ0n) is 13.2. The number of nitrogen functional groups attached to an aromatic ring is 1. The number of benzene rings is 2. The van der Waals surface area contributed by atoms with Crippen LogP contribution in [0.15, 0.2) is 36.4 Å². The molecule has 0 amide bonds. The second kappa shape index (κ2) is 8.24. The summed E-state index contributed by atoms with van der Waals surface area (Å²) < 4.78 is 0. The molecule has 0 heterocycles. The van der Waals surface area contributed by atoms with Gasteiger partial charge in [0, 0.05) is 31.0 Å². The largest absolute Gasteiger partial charge is 0.398 e. The minimum Gasteiger partial charge on any atom is -0.398 e. The van der Waals surface area contributed by atoms with E-state index in [1.165, 1.54) is 12.1 Å². The Labute approximate surface area is 140 Å². The molecule has 2 aromatic rings. The van der Waals surface area contributed by atoms with Crippen LogP contribution in [0.1, 0.15) is 22.3 Å². The third-order valence-corrected chi connectivity index (χ3v) is 3.79. The molecule has 0 atom stereocenters. The van der Waals surface area contributed by atoms with E-state index >= 15 is 0 Å². The number of aliphatic hydroxyl groups is 2. The van der Waals surface area contributed by atoms with Crippen molar-refractivity contribution in [3.8, 4) is 0 Å². The van der Waals surface area contributed by atoms with Crippen molar-refractivity contribution in [2.45, 2.75) is 12.8 Å². The molecule has 2 rings (SSSR count). The van der Waals surface area contributed by atoms with Gasteiger partial charge in [-0.25, -0.2) is 0 Å². The number of nitro benzene ring substituents is 1. The average Bonchev–Trinajstić information content (AvgIpc) is 2.58. The molecule has 0 bridgehead atoms. The Morgan fingerprint density at radius 3 is 2.17 bits per heavy atom. The summed E-state index contributed by atoms with van der Waals surface area (Å²) in [5, 5.41) is 29.2. The minimum atomic E-state index is -0.437. The van der Waals surface area contributed by atoms with Gasteiger partial charge in [0.05, 0.1) is 4.92 Å². The van der Waals surface area contributed by atoms with Gasteiger partial charge in [0.1, 0.15) is 0 Å². The Balaban J connectivity index is 2.33. The molecule has 0 aliphatic carbocycles. The van der Waals surface area contributed by atoms with E-state index in [0.29, 0.717) is 18.5 Å². The smallest absolute Gasteiger partial charge is 0.269 e. The molecular formula is C18H20N2O4. The van der Waals surface area contributed by atoms with E-state index in [1.807, 2.05) is 18.2 Å². The predicted molar refractivity (Wildman–Crippen MR) is 94.5 cm³/mol. The number of nitrogens with zero attached hydrogens (tertiary/aromatic N) is 1. The maximum Gasteiger partial charge on any atom is 0.269 e. The van der Waals surface area contributed by atoms with Gasteiger partial charge in [-0.05, 0) is 53.3 Å². The second-order valence-corrected chi connectivity index (χ2v) is 5.33. The van der Waals surface area contributed by atoms with Crippen molar-refractivity contribution >= 4 is 23.5 Å². The van der Waals surface area contributed by atoms with Gasteiger partial charge in [-0.2, -0.15) is 0 Å². The van der Waals surface area contributed by atoms with Gasteiger partial charge in [0.2, 0.25) is 0 Å². The number of aliphatic hydroxyl groups excluding tert-OH is 2. The molecule has 0 aliphatic rings. The van der Waals surface area contributed by atoms with Crippen molar-refractivity contribution in [2.24, 2.45) is 0 Å². The number of rotatable bonds is 7. The van der Waals surface area contributed by atoms with Crippen molar-refractivity contribution < 1.29 is 15.1 Å². The van der Waals surface area contributed by atoms with Crippen molar-refractivity contribution in [1.82, 2.24) is 0 Å². The lowest BCUT2D eigenvalue weighted by atomic mass is 9.94. The first kappa shape index (κ1) is 17.7. The molecule has 6 heteroatoms. The van der Waals surface area contributed by atoms with Crippen molar-refractivity contribution in [1.29, 1.82) is 0 Å². The van der Waals surface area contributed by atoms with Gasteiger partial charge in [-0.1, -0.05) is 18.2 Å². The lowest BCUT2D eigenvalue weighted by molar-refractivity contribution is -0.384. The summed E-state index contributed by atoms with van der Waals surface area (Å²) in [5.41, 5.74) is 10.1. The van der Waals surface area contributed by atoms with Crippen LogP contribution in [0.3, 0.4) is 0 Å². The Kier molecular flexibility index (Phi) is 6.06. The minimum absolute atomic E-state index is 0.0136. The number of nitro groups is 1. The Hall–Kier alpha value is -2.70. The quantitative estimate of drug-likeness (QED) is 0.313. The second-order valence-electron chi connectivity index (χ2n) is 5.33. The molecule has 4 N–H and O–H groups in total. The Morgan fingerprint density at radius 1 is 0.958 bits per heavy atom. The fourth-order valence-electron chi connectivity index (χ4n) is 2.59. The Bertz CT molecular complexity index is 739. The topological polar surface area (TPSA) is 110 Å². The van der Waals surface area contributed by atoms with Crippen LogP contribution < -0.4 is 5.73 Å². The highest BCUT2D eigenvalue weighted by Gasteiger charge is 2.10. The Morgan fingerprint density at radius 2 is 1.58 bits per heavy atom. The summed E-state index contributed by atoms with van der Waals surface area (Å²) in [4.78, 5) is 10.2. The summed E-state index contributed by atoms with van der Waals surface area (Å²) in [5.74, 6) is 0. The summed E-state index contributed by atoms with van der Waals surface area (Å²) in [6.07, 6.45) is 4.60. The standard InChI is InChI=1S/C18H20N2O4/c19-18-8-5-14(16(9-11-21)17(18)10-12-22)4-1-13-2-6-15(7-3-13)20(23)24/h1-8,21-22H,9-12,19H2. The van der Waals surface area contributed by atoms with Crippen molar-refractivity contribution in [2.75, 3.05) is 18.9 Å². The fraction of sp³-hybridized carbons (Fsp3) is 0.222. The van der Waals surface area contributed by atoms with Crippen LogP contribution in [-0.2, 0) is 12.8 Å². The van der Waals surface area contributed by atoms with Gasteiger partial charge >= 0.3 is 0 Å². The van der Waals surface area contributed by atoms with E-state index in [-0.39, 0.29) is 18.9 Å². The summed E-state index contributed by atoms with van der Waals surface area (Å²) >= 11 is 0. The summed E-state index contributed by atoms with van der Waals surface area (Å²) in [7, 11) is 0. The average molecular weight is 328 g/mol. The molecule has 2 aromatic carbocycles. The third kappa shape index (κ3) is 4.18. The number of nitrogens with two attached hydrogens (primary N) is 1. The van der Waals surface area contributed by atoms with Crippen LogP contribution in [0.5, 0.6) is 0 Å². The zero-order valence-corrected chi connectivity index (χ0v) is 13.2. The molecule has 0 fully saturated rings. The van der Waals surface area contributed by atoms with E-state index in [1.54, 1.807) is 18.2 Å². The monoisotopic (exact) mass is 328 g/mol. The molecule has 0 spiro atoms. The lowest BCUT2D eigenvalue weighted by Gasteiger charge is -2.14. The van der Waals surface area contributed by atoms with E-state index < -0.39 is 4.92 Å². The molecule has 0 saturated carbocycles. The number of non-ortho nitro benzene ring substituents is 1. The highest BCUT2D eigenvalue weighted by Crippen LogP contribution is 2.25. The van der Waals surface area contributed by atoms with Crippen molar-refractivity contribution in [3.63, 3.8) is 0 Å². The highest BCUT2D eigenvalue weighted by molar-refractivity contribution is 5.74. The highest BCUT2D eigenvalue weighted by atomic mass is 16.6. The van der Waals surface area contributed by atoms with Gasteiger partial charge in [-0.15, -0.1) is 0 Å². The summed E-state index contributed by atoms with van der Waals surface area (Å²) in [6, 6.07) is 9.89. The van der Waals surface area contributed by atoms with E-state index in [0.717, 1.165) is 22.3 Å². The number of hydrogen-bond acceptors (Lipinski definition) is 5. The molecule has 0 unspecified atom stereocenters. The van der Waals surface area contributed by atoms with Crippen LogP contribution in [-0.4, -0.2) is 28.4 Å². The maximum atomic E-state index is 10.7. The first-order valence-corrected chi connectivity index (χ1v) is 7.61. The van der Waals surface area contributed by atoms with Crippen LogP contribution in [0.2, 0.25) is 0 Å². The van der Waals surface area contributed by atoms with Crippen LogP contribution in [0, 0.1) is 10.1 Å². The van der Waals surface area contributed by atoms with Crippen LogP contribution >= 0.6 is 0 Å². The molecule has 0 aliphatic heterocycles. The molecule has 6 nitrogen and oxygen atoms in total. The molecule has 24 heavy (non-hydrogen) atoms. The van der Waals surface area contributed by atoms with Gasteiger partial charge in [0.25, 0.3) is 5.69 Å². The van der Waals surface area contributed by atoms with E-state index in [4.69, 9.17) is 5.73 Å². The first-order chi connectivity index (χ1) is 11.6. The van der Waals surface area contributed by atoms with E-state index in [2.05, 4.69) is 0 Å². The number of hydrogen-bond donors (Lipinski definition) is 3.